The second-order valence-electron chi connectivity index (χ2n) is 6.71. The summed E-state index contributed by atoms with van der Waals surface area (Å²) in [5.74, 6) is -0.461. The van der Waals surface area contributed by atoms with E-state index in [0.717, 1.165) is 19.5 Å². The molecule has 0 aromatic heterocycles. The second kappa shape index (κ2) is 6.41. The lowest BCUT2D eigenvalue weighted by Crippen LogP contribution is -2.63. The summed E-state index contributed by atoms with van der Waals surface area (Å²) in [5.41, 5.74) is 0.191. The van der Waals surface area contributed by atoms with Crippen LogP contribution in [0.4, 0.5) is 8.78 Å². The van der Waals surface area contributed by atoms with E-state index in [1.165, 1.54) is 18.2 Å². The van der Waals surface area contributed by atoms with E-state index in [4.69, 9.17) is 0 Å². The number of halogens is 2. The predicted molar refractivity (Wildman–Crippen MR) is 82.1 cm³/mol. The zero-order chi connectivity index (χ0) is 15.6. The highest BCUT2D eigenvalue weighted by Crippen LogP contribution is 2.26. The predicted octanol–water partition coefficient (Wildman–Crippen LogP) is 3.56. The Balaban J connectivity index is 2.24. The van der Waals surface area contributed by atoms with Crippen molar-refractivity contribution in [2.75, 3.05) is 13.1 Å². The summed E-state index contributed by atoms with van der Waals surface area (Å²) in [6, 6.07) is 4.39. The molecule has 4 heteroatoms. The van der Waals surface area contributed by atoms with Crippen molar-refractivity contribution < 1.29 is 8.78 Å². The molecular formula is C17H26F2N2. The Bertz CT molecular complexity index is 469. The Labute approximate surface area is 126 Å². The smallest absolute Gasteiger partial charge is 0.130 e. The van der Waals surface area contributed by atoms with Gasteiger partial charge in [0, 0.05) is 36.8 Å². The summed E-state index contributed by atoms with van der Waals surface area (Å²) >= 11 is 0. The van der Waals surface area contributed by atoms with E-state index in [-0.39, 0.29) is 11.1 Å². The molecule has 1 aliphatic rings. The van der Waals surface area contributed by atoms with Gasteiger partial charge in [0.1, 0.15) is 11.6 Å². The van der Waals surface area contributed by atoms with E-state index in [2.05, 4.69) is 37.9 Å². The maximum Gasteiger partial charge on any atom is 0.130 e. The molecule has 1 saturated heterocycles. The van der Waals surface area contributed by atoms with Gasteiger partial charge in [-0.05, 0) is 31.4 Å². The Morgan fingerprint density at radius 1 is 1.33 bits per heavy atom. The largest absolute Gasteiger partial charge is 0.309 e. The number of rotatable bonds is 4. The Kier molecular flexibility index (Phi) is 4.99. The molecule has 1 heterocycles. The molecule has 1 fully saturated rings. The molecule has 0 bridgehead atoms. The van der Waals surface area contributed by atoms with Crippen LogP contribution in [0.5, 0.6) is 0 Å². The zero-order valence-electron chi connectivity index (χ0n) is 13.4. The highest BCUT2D eigenvalue weighted by atomic mass is 19.1. The van der Waals surface area contributed by atoms with Gasteiger partial charge in [0.25, 0.3) is 0 Å². The van der Waals surface area contributed by atoms with Gasteiger partial charge in [-0.3, -0.25) is 4.90 Å². The molecule has 1 N–H and O–H groups in total. The van der Waals surface area contributed by atoms with Crippen molar-refractivity contribution in [1.29, 1.82) is 0 Å². The third-order valence-electron chi connectivity index (χ3n) is 4.73. The summed E-state index contributed by atoms with van der Waals surface area (Å²) < 4.78 is 27.9. The van der Waals surface area contributed by atoms with Crippen LogP contribution < -0.4 is 5.32 Å². The number of piperazine rings is 1. The molecule has 0 aliphatic carbocycles. The average Bonchev–Trinajstić information content (AvgIpc) is 2.43. The molecule has 2 unspecified atom stereocenters. The third-order valence-corrected chi connectivity index (χ3v) is 4.73. The van der Waals surface area contributed by atoms with E-state index in [1.54, 1.807) is 0 Å². The van der Waals surface area contributed by atoms with Crippen LogP contribution >= 0.6 is 0 Å². The molecular weight excluding hydrogens is 270 g/mol. The first kappa shape index (κ1) is 16.4. The second-order valence-corrected chi connectivity index (χ2v) is 6.71. The fraction of sp³-hybridized carbons (Fsp3) is 0.647. The van der Waals surface area contributed by atoms with Gasteiger partial charge >= 0.3 is 0 Å². The van der Waals surface area contributed by atoms with Crippen LogP contribution in [-0.4, -0.2) is 29.6 Å². The summed E-state index contributed by atoms with van der Waals surface area (Å²) in [4.78, 5) is 2.23. The van der Waals surface area contributed by atoms with E-state index in [0.29, 0.717) is 18.5 Å². The molecule has 0 radical (unpaired) electrons. The van der Waals surface area contributed by atoms with Crippen LogP contribution in [0.2, 0.25) is 0 Å². The van der Waals surface area contributed by atoms with Crippen molar-refractivity contribution in [3.8, 4) is 0 Å². The van der Waals surface area contributed by atoms with Crippen molar-refractivity contribution in [2.45, 2.75) is 52.2 Å². The Morgan fingerprint density at radius 2 is 1.95 bits per heavy atom. The molecule has 1 aromatic rings. The van der Waals surface area contributed by atoms with E-state index < -0.39 is 11.6 Å². The van der Waals surface area contributed by atoms with Gasteiger partial charge in [0.05, 0.1) is 0 Å². The number of hydrogen-bond acceptors (Lipinski definition) is 2. The number of benzene rings is 1. The monoisotopic (exact) mass is 296 g/mol. The summed E-state index contributed by atoms with van der Waals surface area (Å²) in [6.45, 7) is 10.6. The fourth-order valence-corrected chi connectivity index (χ4v) is 3.06. The van der Waals surface area contributed by atoms with Crippen LogP contribution in [0, 0.1) is 17.6 Å². The quantitative estimate of drug-likeness (QED) is 0.914. The molecule has 1 aromatic carbocycles. The van der Waals surface area contributed by atoms with Gasteiger partial charge in [-0.1, -0.05) is 26.8 Å². The van der Waals surface area contributed by atoms with Crippen molar-refractivity contribution >= 4 is 0 Å². The SMILES string of the molecule is CCC1(C)CN(Cc2c(F)cccc2F)C(C(C)C)CN1. The standard InChI is InChI=1S/C17H26F2N2/c1-5-17(4)11-21(16(9-20-17)12(2)3)10-13-14(18)7-6-8-15(13)19/h6-8,12,16,20H,5,9-11H2,1-4H3. The maximum absolute atomic E-state index is 13.9. The lowest BCUT2D eigenvalue weighted by molar-refractivity contribution is 0.0521. The summed E-state index contributed by atoms with van der Waals surface area (Å²) in [7, 11) is 0. The number of nitrogens with one attached hydrogen (secondary N) is 1. The van der Waals surface area contributed by atoms with Crippen LogP contribution in [-0.2, 0) is 6.54 Å². The number of hydrogen-bond donors (Lipinski definition) is 1. The maximum atomic E-state index is 13.9. The summed E-state index contributed by atoms with van der Waals surface area (Å²) in [5, 5.41) is 3.59. The van der Waals surface area contributed by atoms with E-state index >= 15 is 0 Å². The first-order chi connectivity index (χ1) is 9.86. The molecule has 2 rings (SSSR count). The van der Waals surface area contributed by atoms with Crippen LogP contribution in [0.1, 0.15) is 39.7 Å². The molecule has 1 aliphatic heterocycles. The molecule has 21 heavy (non-hydrogen) atoms. The van der Waals surface area contributed by atoms with Crippen molar-refractivity contribution in [3.05, 3.63) is 35.4 Å². The number of nitrogens with zero attached hydrogens (tertiary/aromatic N) is 1. The van der Waals surface area contributed by atoms with Crippen molar-refractivity contribution in [3.63, 3.8) is 0 Å². The van der Waals surface area contributed by atoms with Gasteiger partial charge in [-0.15, -0.1) is 0 Å². The highest BCUT2D eigenvalue weighted by Gasteiger charge is 2.36. The minimum absolute atomic E-state index is 0.00707. The average molecular weight is 296 g/mol. The van der Waals surface area contributed by atoms with E-state index in [9.17, 15) is 8.78 Å². The zero-order valence-corrected chi connectivity index (χ0v) is 13.4. The topological polar surface area (TPSA) is 15.3 Å². The highest BCUT2D eigenvalue weighted by molar-refractivity contribution is 5.20. The molecule has 2 atom stereocenters. The van der Waals surface area contributed by atoms with Crippen molar-refractivity contribution in [2.24, 2.45) is 5.92 Å². The fourth-order valence-electron chi connectivity index (χ4n) is 3.06. The first-order valence-electron chi connectivity index (χ1n) is 7.78. The lowest BCUT2D eigenvalue weighted by Gasteiger charge is -2.47. The Hall–Kier alpha value is -1.00. The van der Waals surface area contributed by atoms with Crippen LogP contribution in [0.25, 0.3) is 0 Å². The van der Waals surface area contributed by atoms with E-state index in [1.807, 2.05) is 0 Å². The molecule has 0 spiro atoms. The minimum Gasteiger partial charge on any atom is -0.309 e. The van der Waals surface area contributed by atoms with Crippen LogP contribution in [0.3, 0.4) is 0 Å². The van der Waals surface area contributed by atoms with Gasteiger partial charge in [-0.2, -0.15) is 0 Å². The van der Waals surface area contributed by atoms with Crippen LogP contribution in [0.15, 0.2) is 18.2 Å². The molecule has 0 amide bonds. The molecule has 118 valence electrons. The minimum atomic E-state index is -0.450. The normalized spacial score (nSPS) is 27.3. The lowest BCUT2D eigenvalue weighted by atomic mass is 9.89. The summed E-state index contributed by atoms with van der Waals surface area (Å²) in [6.07, 6.45) is 0.994. The Morgan fingerprint density at radius 3 is 2.48 bits per heavy atom. The van der Waals surface area contributed by atoms with Gasteiger partial charge in [0.15, 0.2) is 0 Å². The van der Waals surface area contributed by atoms with Gasteiger partial charge < -0.3 is 5.32 Å². The third kappa shape index (κ3) is 3.61. The molecule has 0 saturated carbocycles. The molecule has 2 nitrogen and oxygen atoms in total. The van der Waals surface area contributed by atoms with Gasteiger partial charge in [-0.25, -0.2) is 8.78 Å². The van der Waals surface area contributed by atoms with Gasteiger partial charge in [0.2, 0.25) is 0 Å². The first-order valence-corrected chi connectivity index (χ1v) is 7.78. The van der Waals surface area contributed by atoms with Crippen molar-refractivity contribution in [1.82, 2.24) is 10.2 Å².